The largest absolute Gasteiger partial charge is 0.497 e. The molecule has 0 radical (unpaired) electrons. The van der Waals surface area contributed by atoms with Gasteiger partial charge in [0, 0.05) is 17.2 Å². The van der Waals surface area contributed by atoms with Crippen LogP contribution in [0, 0.1) is 0 Å². The predicted octanol–water partition coefficient (Wildman–Crippen LogP) is 6.30. The molecule has 2 heterocycles. The minimum atomic E-state index is -0.442. The van der Waals surface area contributed by atoms with Gasteiger partial charge < -0.3 is 23.4 Å². The second-order valence-electron chi connectivity index (χ2n) is 7.93. The fourth-order valence-electron chi connectivity index (χ4n) is 3.89. The molecule has 0 aliphatic carbocycles. The molecule has 0 spiro atoms. The summed E-state index contributed by atoms with van der Waals surface area (Å²) < 4.78 is 28.3. The Hall–Kier alpha value is -4.85. The highest BCUT2D eigenvalue weighted by atomic mass is 16.6. The minimum absolute atomic E-state index is 0.196. The fourth-order valence-corrected chi connectivity index (χ4v) is 3.89. The van der Waals surface area contributed by atoms with E-state index >= 15 is 0 Å². The molecule has 0 unspecified atom stereocenters. The first kappa shape index (κ1) is 23.9. The quantitative estimate of drug-likeness (QED) is 0.220. The lowest BCUT2D eigenvalue weighted by Crippen LogP contribution is -2.14. The molecule has 0 amide bonds. The zero-order chi connectivity index (χ0) is 25.6. The lowest BCUT2D eigenvalue weighted by atomic mass is 9.99. The van der Waals surface area contributed by atoms with Crippen LogP contribution in [0.1, 0.15) is 6.92 Å². The first-order valence-electron chi connectivity index (χ1n) is 11.7. The molecule has 186 valence electrons. The van der Waals surface area contributed by atoms with Crippen LogP contribution in [0.5, 0.6) is 23.1 Å². The molecule has 5 rings (SSSR count). The van der Waals surface area contributed by atoms with Gasteiger partial charge in [0.25, 0.3) is 0 Å². The van der Waals surface area contributed by atoms with Crippen molar-refractivity contribution in [3.8, 4) is 45.6 Å². The van der Waals surface area contributed by atoms with Crippen LogP contribution in [-0.4, -0.2) is 36.3 Å². The van der Waals surface area contributed by atoms with E-state index in [0.717, 1.165) is 22.4 Å². The standard InChI is InChI=1S/C29H24N2O6/c1-3-34-24(32)17-35-22-10-7-11-23(16-22)36-28-26-25(19-12-14-21(33-2)15-13-19)27(20-8-5-4-6-9-20)37-29(26)31-18-30-28/h4-16,18H,3,17H2,1-2H3. The van der Waals surface area contributed by atoms with Gasteiger partial charge in [0.05, 0.1) is 13.7 Å². The summed E-state index contributed by atoms with van der Waals surface area (Å²) >= 11 is 0. The molecule has 2 aromatic heterocycles. The van der Waals surface area contributed by atoms with Crippen molar-refractivity contribution in [3.63, 3.8) is 0 Å². The monoisotopic (exact) mass is 496 g/mol. The molecule has 0 atom stereocenters. The number of benzene rings is 3. The number of hydrogen-bond donors (Lipinski definition) is 0. The van der Waals surface area contributed by atoms with Crippen LogP contribution in [-0.2, 0) is 9.53 Å². The van der Waals surface area contributed by atoms with Crippen LogP contribution < -0.4 is 14.2 Å². The Balaban J connectivity index is 1.57. The molecule has 0 bridgehead atoms. The molecule has 8 nitrogen and oxygen atoms in total. The molecule has 0 aliphatic heterocycles. The van der Waals surface area contributed by atoms with E-state index in [0.29, 0.717) is 40.8 Å². The van der Waals surface area contributed by atoms with Gasteiger partial charge in [-0.05, 0) is 36.8 Å². The van der Waals surface area contributed by atoms with E-state index in [9.17, 15) is 4.79 Å². The Morgan fingerprint density at radius 1 is 0.865 bits per heavy atom. The van der Waals surface area contributed by atoms with E-state index in [1.807, 2.05) is 54.6 Å². The molecule has 8 heteroatoms. The fraction of sp³-hybridized carbons (Fsp3) is 0.138. The highest BCUT2D eigenvalue weighted by Crippen LogP contribution is 2.44. The zero-order valence-electron chi connectivity index (χ0n) is 20.3. The summed E-state index contributed by atoms with van der Waals surface area (Å²) in [6.45, 7) is 1.84. The van der Waals surface area contributed by atoms with Crippen LogP contribution in [0.15, 0.2) is 89.6 Å². The van der Waals surface area contributed by atoms with Crippen LogP contribution in [0.2, 0.25) is 0 Å². The van der Waals surface area contributed by atoms with Crippen molar-refractivity contribution in [2.24, 2.45) is 0 Å². The molecule has 37 heavy (non-hydrogen) atoms. The number of aromatic nitrogens is 2. The number of furan rings is 1. The SMILES string of the molecule is CCOC(=O)COc1cccc(Oc2ncnc3oc(-c4ccccc4)c(-c4ccc(OC)cc4)c23)c1. The summed E-state index contributed by atoms with van der Waals surface area (Å²) in [7, 11) is 1.63. The van der Waals surface area contributed by atoms with E-state index in [4.69, 9.17) is 23.4 Å². The Bertz CT molecular complexity index is 1510. The van der Waals surface area contributed by atoms with Crippen molar-refractivity contribution in [1.82, 2.24) is 9.97 Å². The van der Waals surface area contributed by atoms with Crippen LogP contribution >= 0.6 is 0 Å². The minimum Gasteiger partial charge on any atom is -0.497 e. The van der Waals surface area contributed by atoms with Crippen molar-refractivity contribution >= 4 is 17.1 Å². The van der Waals surface area contributed by atoms with Crippen molar-refractivity contribution in [1.29, 1.82) is 0 Å². The van der Waals surface area contributed by atoms with Gasteiger partial charge in [-0.15, -0.1) is 0 Å². The first-order valence-corrected chi connectivity index (χ1v) is 11.7. The van der Waals surface area contributed by atoms with E-state index in [-0.39, 0.29) is 6.61 Å². The number of carbonyl (C=O) groups excluding carboxylic acids is 1. The summed E-state index contributed by atoms with van der Waals surface area (Å²) in [5, 5.41) is 0.629. The van der Waals surface area contributed by atoms with Crippen LogP contribution in [0.25, 0.3) is 33.6 Å². The van der Waals surface area contributed by atoms with Crippen molar-refractivity contribution in [2.45, 2.75) is 6.92 Å². The number of esters is 1. The molecular formula is C29H24N2O6. The Morgan fingerprint density at radius 3 is 2.41 bits per heavy atom. The summed E-state index contributed by atoms with van der Waals surface area (Å²) in [6, 6.07) is 24.4. The van der Waals surface area contributed by atoms with Gasteiger partial charge in [0.15, 0.2) is 6.61 Å². The smallest absolute Gasteiger partial charge is 0.344 e. The van der Waals surface area contributed by atoms with Gasteiger partial charge in [-0.1, -0.05) is 48.5 Å². The third-order valence-corrected chi connectivity index (χ3v) is 5.55. The predicted molar refractivity (Wildman–Crippen MR) is 138 cm³/mol. The Kier molecular flexibility index (Phi) is 6.98. The van der Waals surface area contributed by atoms with E-state index in [1.165, 1.54) is 6.33 Å². The maximum Gasteiger partial charge on any atom is 0.344 e. The Labute approximate surface area is 213 Å². The normalized spacial score (nSPS) is 10.8. The average molecular weight is 497 g/mol. The van der Waals surface area contributed by atoms with Gasteiger partial charge >= 0.3 is 5.97 Å². The third kappa shape index (κ3) is 5.23. The first-order chi connectivity index (χ1) is 18.2. The number of carbonyl (C=O) groups is 1. The third-order valence-electron chi connectivity index (χ3n) is 5.55. The van der Waals surface area contributed by atoms with Crippen molar-refractivity contribution in [2.75, 3.05) is 20.3 Å². The van der Waals surface area contributed by atoms with E-state index in [1.54, 1.807) is 38.3 Å². The number of methoxy groups -OCH3 is 1. The molecule has 0 aliphatic rings. The lowest BCUT2D eigenvalue weighted by Gasteiger charge is -2.10. The van der Waals surface area contributed by atoms with E-state index < -0.39 is 5.97 Å². The van der Waals surface area contributed by atoms with E-state index in [2.05, 4.69) is 9.97 Å². The topological polar surface area (TPSA) is 92.9 Å². The number of nitrogens with zero attached hydrogens (tertiary/aromatic N) is 2. The number of hydrogen-bond acceptors (Lipinski definition) is 8. The molecule has 0 N–H and O–H groups in total. The number of ether oxygens (including phenoxy) is 4. The molecule has 0 fully saturated rings. The number of fused-ring (bicyclic) bond motifs is 1. The molecule has 3 aromatic carbocycles. The summed E-state index contributed by atoms with van der Waals surface area (Å²) in [5.41, 5.74) is 2.98. The average Bonchev–Trinajstić information content (AvgIpc) is 3.34. The lowest BCUT2D eigenvalue weighted by molar-refractivity contribution is -0.145. The second-order valence-corrected chi connectivity index (χ2v) is 7.93. The maximum absolute atomic E-state index is 11.7. The van der Waals surface area contributed by atoms with Crippen LogP contribution in [0.3, 0.4) is 0 Å². The summed E-state index contributed by atoms with van der Waals surface area (Å²) in [5.74, 6) is 2.21. The van der Waals surface area contributed by atoms with Gasteiger partial charge in [0.2, 0.25) is 11.6 Å². The van der Waals surface area contributed by atoms with Crippen LogP contribution in [0.4, 0.5) is 0 Å². The molecule has 5 aromatic rings. The maximum atomic E-state index is 11.7. The van der Waals surface area contributed by atoms with Gasteiger partial charge in [-0.25, -0.2) is 14.8 Å². The molecule has 0 saturated heterocycles. The van der Waals surface area contributed by atoms with Gasteiger partial charge in [-0.3, -0.25) is 0 Å². The Morgan fingerprint density at radius 2 is 1.65 bits per heavy atom. The molecular weight excluding hydrogens is 472 g/mol. The summed E-state index contributed by atoms with van der Waals surface area (Å²) in [6.07, 6.45) is 1.40. The molecule has 0 saturated carbocycles. The highest BCUT2D eigenvalue weighted by Gasteiger charge is 2.23. The van der Waals surface area contributed by atoms with Gasteiger partial charge in [0.1, 0.15) is 34.7 Å². The zero-order valence-corrected chi connectivity index (χ0v) is 20.3. The highest BCUT2D eigenvalue weighted by molar-refractivity contribution is 6.03. The summed E-state index contributed by atoms with van der Waals surface area (Å²) in [4.78, 5) is 20.5. The second kappa shape index (κ2) is 10.8. The van der Waals surface area contributed by atoms with Crippen molar-refractivity contribution in [3.05, 3.63) is 85.2 Å². The van der Waals surface area contributed by atoms with Gasteiger partial charge in [-0.2, -0.15) is 0 Å². The number of rotatable bonds is 9. The van der Waals surface area contributed by atoms with Crippen molar-refractivity contribution < 1.29 is 28.2 Å².